The van der Waals surface area contributed by atoms with Crippen LogP contribution < -0.4 is 21.3 Å². The van der Waals surface area contributed by atoms with E-state index >= 15 is 0 Å². The summed E-state index contributed by atoms with van der Waals surface area (Å²) >= 11 is 3.37. The van der Waals surface area contributed by atoms with Gasteiger partial charge in [0.15, 0.2) is 0 Å². The molecule has 4 N–H and O–H groups in total. The number of Topliss-reactive ketones (excluding diaryl/α,β-unsaturated/α-hetero) is 1. The van der Waals surface area contributed by atoms with Crippen molar-refractivity contribution in [3.8, 4) is 0 Å². The number of carbonyl (C=O) groups is 5. The summed E-state index contributed by atoms with van der Waals surface area (Å²) < 4.78 is 0.862. The van der Waals surface area contributed by atoms with Crippen molar-refractivity contribution in [2.24, 2.45) is 5.92 Å². The molecule has 1 heterocycles. The van der Waals surface area contributed by atoms with Crippen LogP contribution in [-0.2, 0) is 30.4 Å². The molecule has 1 fully saturated rings. The Morgan fingerprint density at radius 1 is 0.975 bits per heavy atom. The first-order valence-corrected chi connectivity index (χ1v) is 17.0. The molecule has 0 saturated carbocycles. The first-order valence-electron chi connectivity index (χ1n) is 13.8. The van der Waals surface area contributed by atoms with E-state index in [0.717, 1.165) is 29.3 Å². The maximum Gasteiger partial charge on any atom is 0.289 e. The van der Waals surface area contributed by atoms with Gasteiger partial charge in [0, 0.05) is 34.9 Å². The fraction of sp³-hybridized carbons (Fsp3) is 0.607. The number of hydrogen-bond acceptors (Lipinski definition) is 7. The van der Waals surface area contributed by atoms with Crippen molar-refractivity contribution < 1.29 is 24.0 Å². The molecular weight excluding hydrogens is 616 g/mol. The van der Waals surface area contributed by atoms with Crippen molar-refractivity contribution >= 4 is 66.9 Å². The highest BCUT2D eigenvalue weighted by molar-refractivity contribution is 9.10. The van der Waals surface area contributed by atoms with Gasteiger partial charge in [0.05, 0.1) is 6.54 Å². The van der Waals surface area contributed by atoms with Crippen LogP contribution in [0.4, 0.5) is 0 Å². The van der Waals surface area contributed by atoms with E-state index in [1.165, 1.54) is 12.2 Å². The summed E-state index contributed by atoms with van der Waals surface area (Å²) in [7, 11) is 3.83. The van der Waals surface area contributed by atoms with Crippen LogP contribution in [0.3, 0.4) is 0 Å². The van der Waals surface area contributed by atoms with Crippen LogP contribution in [0.25, 0.3) is 0 Å². The normalized spacial score (nSPS) is 16.2. The number of likely N-dealkylation sites (N-methyl/N-ethyl adjacent to an activating group) is 1. The summed E-state index contributed by atoms with van der Waals surface area (Å²) in [5, 5.41) is 11.2. The third kappa shape index (κ3) is 13.1. The Bertz CT molecular complexity index is 1000. The van der Waals surface area contributed by atoms with E-state index in [1.54, 1.807) is 19.1 Å². The molecule has 2 rings (SSSR count). The number of benzene rings is 1. The molecule has 3 atom stereocenters. The third-order valence-electron chi connectivity index (χ3n) is 6.26. The van der Waals surface area contributed by atoms with E-state index < -0.39 is 35.6 Å². The minimum absolute atomic E-state index is 0.0612. The molecule has 1 aliphatic heterocycles. The van der Waals surface area contributed by atoms with Crippen molar-refractivity contribution in [2.75, 3.05) is 18.8 Å². The van der Waals surface area contributed by atoms with Crippen LogP contribution >= 0.6 is 37.5 Å². The van der Waals surface area contributed by atoms with Crippen molar-refractivity contribution in [1.82, 2.24) is 21.3 Å². The van der Waals surface area contributed by atoms with Gasteiger partial charge in [-0.2, -0.15) is 0 Å². The predicted molar refractivity (Wildman–Crippen MR) is 165 cm³/mol. The lowest BCUT2D eigenvalue weighted by Gasteiger charge is -2.24. The van der Waals surface area contributed by atoms with Crippen molar-refractivity contribution in [1.29, 1.82) is 0 Å². The number of ketones is 1. The molecule has 1 aliphatic rings. The van der Waals surface area contributed by atoms with E-state index in [2.05, 4.69) is 37.2 Å². The minimum atomic E-state index is -1.10. The van der Waals surface area contributed by atoms with Crippen LogP contribution in [0, 0.1) is 5.92 Å². The van der Waals surface area contributed by atoms with E-state index in [9.17, 15) is 24.0 Å². The molecule has 0 aliphatic carbocycles. The molecule has 9 nitrogen and oxygen atoms in total. The number of halogens is 1. The van der Waals surface area contributed by atoms with E-state index in [0.29, 0.717) is 18.1 Å². The number of nitrogens with one attached hydrogen (secondary N) is 4. The van der Waals surface area contributed by atoms with Crippen LogP contribution in [0.5, 0.6) is 0 Å². The first-order chi connectivity index (χ1) is 19.1. The maximum atomic E-state index is 13.3. The molecule has 1 aromatic carbocycles. The van der Waals surface area contributed by atoms with Gasteiger partial charge in [-0.3, -0.25) is 24.0 Å². The van der Waals surface area contributed by atoms with Gasteiger partial charge in [-0.1, -0.05) is 69.9 Å². The molecule has 1 saturated heterocycles. The zero-order valence-corrected chi connectivity index (χ0v) is 26.6. The lowest BCUT2D eigenvalue weighted by molar-refractivity contribution is -0.140. The SMILES string of the molecule is CCNC(=O)C(=O)[C@H](Cc1ccc(Br)cc1)NC(=O)[C@H](CC(C)C)NC(=O)CNC(=O)CCCCC1CCSS1. The number of hydrogen-bond donors (Lipinski definition) is 4. The molecule has 0 aromatic heterocycles. The van der Waals surface area contributed by atoms with Crippen LogP contribution in [-0.4, -0.2) is 65.6 Å². The molecule has 40 heavy (non-hydrogen) atoms. The number of unbranched alkanes of at least 4 members (excludes halogenated alkanes) is 1. The first kappa shape index (κ1) is 34.2. The fourth-order valence-electron chi connectivity index (χ4n) is 4.18. The molecular formula is C28H41BrN4O5S2. The van der Waals surface area contributed by atoms with Crippen molar-refractivity contribution in [3.05, 3.63) is 34.3 Å². The summed E-state index contributed by atoms with van der Waals surface area (Å²) in [6.45, 7) is 5.57. The Morgan fingerprint density at radius 3 is 2.33 bits per heavy atom. The van der Waals surface area contributed by atoms with Gasteiger partial charge in [-0.05, 0) is 56.2 Å². The lowest BCUT2D eigenvalue weighted by atomic mass is 9.99. The summed E-state index contributed by atoms with van der Waals surface area (Å²) in [4.78, 5) is 63.3. The second kappa shape index (κ2) is 18.4. The smallest absolute Gasteiger partial charge is 0.289 e. The van der Waals surface area contributed by atoms with Gasteiger partial charge in [-0.15, -0.1) is 0 Å². The van der Waals surface area contributed by atoms with Crippen molar-refractivity contribution in [3.63, 3.8) is 0 Å². The summed E-state index contributed by atoms with van der Waals surface area (Å²) in [5.74, 6) is -1.54. The standard InChI is InChI=1S/C28H41BrN4O5S2/c1-4-30-28(38)26(36)22(16-19-9-11-20(29)12-10-19)33-27(37)23(15-18(2)3)32-25(35)17-31-24(34)8-6-5-7-21-13-14-39-40-21/h9-12,18,21-23H,4-8,13-17H2,1-3H3,(H,30,38)(H,31,34)(H,32,35)(H,33,37)/t21?,22-,23-/m0/s1. The van der Waals surface area contributed by atoms with E-state index in [1.807, 2.05) is 47.6 Å². The molecule has 0 bridgehead atoms. The molecule has 0 radical (unpaired) electrons. The summed E-state index contributed by atoms with van der Waals surface area (Å²) in [5.41, 5.74) is 0.763. The van der Waals surface area contributed by atoms with Crippen molar-refractivity contribution in [2.45, 2.75) is 83.1 Å². The molecule has 12 heteroatoms. The summed E-state index contributed by atoms with van der Waals surface area (Å²) in [6, 6.07) is 5.20. The van der Waals surface area contributed by atoms with Gasteiger partial charge in [0.25, 0.3) is 5.91 Å². The molecule has 1 unspecified atom stereocenters. The van der Waals surface area contributed by atoms with Gasteiger partial charge < -0.3 is 21.3 Å². The third-order valence-corrected chi connectivity index (χ3v) is 9.79. The summed E-state index contributed by atoms with van der Waals surface area (Å²) in [6.07, 6.45) is 4.86. The molecule has 222 valence electrons. The van der Waals surface area contributed by atoms with E-state index in [-0.39, 0.29) is 31.3 Å². The molecule has 1 aromatic rings. The number of carbonyl (C=O) groups excluding carboxylic acids is 5. The Labute approximate surface area is 253 Å². The fourth-order valence-corrected chi connectivity index (χ4v) is 7.47. The Balaban J connectivity index is 1.93. The largest absolute Gasteiger partial charge is 0.350 e. The Morgan fingerprint density at radius 2 is 1.70 bits per heavy atom. The van der Waals surface area contributed by atoms with Gasteiger partial charge >= 0.3 is 0 Å². The average molecular weight is 658 g/mol. The zero-order chi connectivity index (χ0) is 29.5. The van der Waals surface area contributed by atoms with Gasteiger partial charge in [-0.25, -0.2) is 0 Å². The quantitative estimate of drug-likeness (QED) is 0.114. The second-order valence-electron chi connectivity index (χ2n) is 10.2. The zero-order valence-electron chi connectivity index (χ0n) is 23.4. The van der Waals surface area contributed by atoms with Crippen LogP contribution in [0.15, 0.2) is 28.7 Å². The van der Waals surface area contributed by atoms with E-state index in [4.69, 9.17) is 0 Å². The predicted octanol–water partition coefficient (Wildman–Crippen LogP) is 3.54. The minimum Gasteiger partial charge on any atom is -0.350 e. The van der Waals surface area contributed by atoms with Crippen LogP contribution in [0.1, 0.15) is 64.9 Å². The maximum absolute atomic E-state index is 13.3. The monoisotopic (exact) mass is 656 g/mol. The lowest BCUT2D eigenvalue weighted by Crippen LogP contribution is -2.55. The molecule has 4 amide bonds. The topological polar surface area (TPSA) is 133 Å². The number of rotatable bonds is 17. The average Bonchev–Trinajstić information content (AvgIpc) is 3.43. The Kier molecular flexibility index (Phi) is 15.7. The Hall–Kier alpha value is -2.05. The van der Waals surface area contributed by atoms with Crippen LogP contribution in [0.2, 0.25) is 0 Å². The number of amides is 4. The highest BCUT2D eigenvalue weighted by Gasteiger charge is 2.30. The second-order valence-corrected chi connectivity index (χ2v) is 13.9. The molecule has 0 spiro atoms. The highest BCUT2D eigenvalue weighted by Crippen LogP contribution is 2.39. The van der Waals surface area contributed by atoms with Gasteiger partial charge in [0.1, 0.15) is 12.1 Å². The highest BCUT2D eigenvalue weighted by atomic mass is 79.9. The van der Waals surface area contributed by atoms with Gasteiger partial charge in [0.2, 0.25) is 23.5 Å².